The molecule has 0 aliphatic heterocycles. The summed E-state index contributed by atoms with van der Waals surface area (Å²) in [6, 6.07) is 8.41. The minimum atomic E-state index is 0.723. The number of benzene rings is 1. The van der Waals surface area contributed by atoms with Crippen molar-refractivity contribution in [3.63, 3.8) is 0 Å². The molecule has 0 amide bonds. The van der Waals surface area contributed by atoms with E-state index in [4.69, 9.17) is 4.42 Å². The number of hydrogen-bond acceptors (Lipinski definition) is 4. The first-order chi connectivity index (χ1) is 9.29. The highest BCUT2D eigenvalue weighted by Crippen LogP contribution is 2.11. The first-order valence-corrected chi connectivity index (χ1v) is 6.86. The summed E-state index contributed by atoms with van der Waals surface area (Å²) in [5, 5.41) is 11.4. The Morgan fingerprint density at radius 2 is 1.79 bits per heavy atom. The topological polar surface area (TPSA) is 51.0 Å². The Hall–Kier alpha value is -1.68. The summed E-state index contributed by atoms with van der Waals surface area (Å²) in [4.78, 5) is 0. The third-order valence-corrected chi connectivity index (χ3v) is 3.14. The van der Waals surface area contributed by atoms with Gasteiger partial charge in [-0.2, -0.15) is 0 Å². The van der Waals surface area contributed by atoms with Crippen LogP contribution < -0.4 is 5.32 Å². The molecule has 0 aliphatic carbocycles. The smallest absolute Gasteiger partial charge is 0.217 e. The third kappa shape index (κ3) is 4.17. The summed E-state index contributed by atoms with van der Waals surface area (Å²) in [6.45, 7) is 6.07. The predicted molar refractivity (Wildman–Crippen MR) is 75.1 cm³/mol. The molecule has 1 N–H and O–H groups in total. The Bertz CT molecular complexity index is 508. The highest BCUT2D eigenvalue weighted by Gasteiger charge is 2.06. The van der Waals surface area contributed by atoms with Gasteiger partial charge in [-0.05, 0) is 31.0 Å². The van der Waals surface area contributed by atoms with Crippen LogP contribution in [0.1, 0.15) is 29.8 Å². The quantitative estimate of drug-likeness (QED) is 0.775. The molecule has 19 heavy (non-hydrogen) atoms. The normalized spacial score (nSPS) is 10.8. The van der Waals surface area contributed by atoms with Gasteiger partial charge in [-0.1, -0.05) is 31.2 Å². The van der Waals surface area contributed by atoms with E-state index in [9.17, 15) is 0 Å². The monoisotopic (exact) mass is 259 g/mol. The van der Waals surface area contributed by atoms with Gasteiger partial charge in [0.15, 0.2) is 0 Å². The molecule has 0 unspecified atom stereocenters. The van der Waals surface area contributed by atoms with Crippen LogP contribution in [0.4, 0.5) is 0 Å². The lowest BCUT2D eigenvalue weighted by Gasteiger charge is -2.02. The van der Waals surface area contributed by atoms with Gasteiger partial charge in [0.25, 0.3) is 0 Å². The molecular weight excluding hydrogens is 238 g/mol. The number of nitrogens with zero attached hydrogens (tertiary/aromatic N) is 2. The molecule has 1 heterocycles. The van der Waals surface area contributed by atoms with Gasteiger partial charge in [0.1, 0.15) is 0 Å². The minimum Gasteiger partial charge on any atom is -0.425 e. The maximum atomic E-state index is 5.63. The summed E-state index contributed by atoms with van der Waals surface area (Å²) in [5.41, 5.74) is 2.66. The minimum absolute atomic E-state index is 0.723. The van der Waals surface area contributed by atoms with Crippen LogP contribution in [0.2, 0.25) is 0 Å². The Morgan fingerprint density at radius 3 is 2.53 bits per heavy atom. The van der Waals surface area contributed by atoms with Crippen molar-refractivity contribution in [3.8, 4) is 0 Å². The van der Waals surface area contributed by atoms with Gasteiger partial charge in [0, 0.05) is 19.4 Å². The largest absolute Gasteiger partial charge is 0.425 e. The molecule has 0 fully saturated rings. The summed E-state index contributed by atoms with van der Waals surface area (Å²) in [7, 11) is 0. The van der Waals surface area contributed by atoms with Crippen LogP contribution in [0.15, 0.2) is 28.7 Å². The van der Waals surface area contributed by atoms with E-state index >= 15 is 0 Å². The fourth-order valence-electron chi connectivity index (χ4n) is 1.99. The second kappa shape index (κ2) is 7.04. The molecule has 1 aromatic carbocycles. The molecule has 0 atom stereocenters. The van der Waals surface area contributed by atoms with Crippen LogP contribution in [0.25, 0.3) is 0 Å². The molecule has 2 aromatic rings. The summed E-state index contributed by atoms with van der Waals surface area (Å²) in [6.07, 6.45) is 2.55. The van der Waals surface area contributed by atoms with E-state index in [-0.39, 0.29) is 0 Å². The number of rotatable bonds is 7. The van der Waals surface area contributed by atoms with Crippen LogP contribution in [0.5, 0.6) is 0 Å². The number of nitrogens with one attached hydrogen (secondary N) is 1. The van der Waals surface area contributed by atoms with Gasteiger partial charge in [-0.3, -0.25) is 0 Å². The van der Waals surface area contributed by atoms with Crippen LogP contribution in [0, 0.1) is 6.92 Å². The molecule has 0 saturated heterocycles. The zero-order chi connectivity index (χ0) is 13.5. The van der Waals surface area contributed by atoms with Gasteiger partial charge in [0.2, 0.25) is 11.8 Å². The first kappa shape index (κ1) is 13.7. The van der Waals surface area contributed by atoms with E-state index in [1.165, 1.54) is 11.1 Å². The zero-order valence-corrected chi connectivity index (χ0v) is 11.6. The molecule has 0 bridgehead atoms. The molecule has 0 aliphatic rings. The molecule has 0 spiro atoms. The van der Waals surface area contributed by atoms with Crippen molar-refractivity contribution in [1.82, 2.24) is 15.5 Å². The number of aromatic nitrogens is 2. The lowest BCUT2D eigenvalue weighted by atomic mass is 10.0. The van der Waals surface area contributed by atoms with Crippen LogP contribution in [-0.4, -0.2) is 23.3 Å². The highest BCUT2D eigenvalue weighted by atomic mass is 16.4. The second-order valence-electron chi connectivity index (χ2n) is 4.62. The van der Waals surface area contributed by atoms with E-state index in [0.717, 1.165) is 44.1 Å². The van der Waals surface area contributed by atoms with Crippen molar-refractivity contribution in [2.75, 3.05) is 13.1 Å². The average Bonchev–Trinajstić information content (AvgIpc) is 2.86. The SMILES string of the molecule is CCNCCc1nnc(CCc2ccccc2C)o1. The van der Waals surface area contributed by atoms with Crippen LogP contribution in [-0.2, 0) is 19.3 Å². The predicted octanol–water partition coefficient (Wildman–Crippen LogP) is 2.32. The van der Waals surface area contributed by atoms with Crippen molar-refractivity contribution in [1.29, 1.82) is 0 Å². The van der Waals surface area contributed by atoms with Gasteiger partial charge in [0.05, 0.1) is 0 Å². The molecule has 0 radical (unpaired) electrons. The molecule has 4 nitrogen and oxygen atoms in total. The van der Waals surface area contributed by atoms with Crippen molar-refractivity contribution in [2.45, 2.75) is 33.1 Å². The first-order valence-electron chi connectivity index (χ1n) is 6.86. The molecule has 1 aromatic heterocycles. The Morgan fingerprint density at radius 1 is 1.05 bits per heavy atom. The second-order valence-corrected chi connectivity index (χ2v) is 4.62. The van der Waals surface area contributed by atoms with Crippen LogP contribution in [0.3, 0.4) is 0 Å². The number of likely N-dealkylation sites (N-methyl/N-ethyl adjacent to an activating group) is 1. The Labute approximate surface area is 114 Å². The van der Waals surface area contributed by atoms with Gasteiger partial charge in [-0.15, -0.1) is 10.2 Å². The average molecular weight is 259 g/mol. The molecule has 2 rings (SSSR count). The van der Waals surface area contributed by atoms with E-state index in [1.54, 1.807) is 0 Å². The Kier molecular flexibility index (Phi) is 5.10. The maximum Gasteiger partial charge on any atom is 0.217 e. The Balaban J connectivity index is 1.85. The maximum absolute atomic E-state index is 5.63. The fourth-order valence-corrected chi connectivity index (χ4v) is 1.99. The molecular formula is C15H21N3O. The van der Waals surface area contributed by atoms with E-state index in [1.807, 2.05) is 0 Å². The van der Waals surface area contributed by atoms with Crippen molar-refractivity contribution >= 4 is 0 Å². The zero-order valence-electron chi connectivity index (χ0n) is 11.6. The molecule has 0 saturated carbocycles. The lowest BCUT2D eigenvalue weighted by molar-refractivity contribution is 0.444. The van der Waals surface area contributed by atoms with Crippen molar-refractivity contribution < 1.29 is 4.42 Å². The summed E-state index contributed by atoms with van der Waals surface area (Å²) >= 11 is 0. The lowest BCUT2D eigenvalue weighted by Crippen LogP contribution is -2.16. The highest BCUT2D eigenvalue weighted by molar-refractivity contribution is 5.25. The van der Waals surface area contributed by atoms with Crippen LogP contribution >= 0.6 is 0 Å². The molecule has 4 heteroatoms. The van der Waals surface area contributed by atoms with Crippen molar-refractivity contribution in [2.24, 2.45) is 0 Å². The standard InChI is InChI=1S/C15H21N3O/c1-3-16-11-10-15-18-17-14(19-15)9-8-13-7-5-4-6-12(13)2/h4-7,16H,3,8-11H2,1-2H3. The summed E-state index contributed by atoms with van der Waals surface area (Å²) in [5.74, 6) is 1.45. The fraction of sp³-hybridized carbons (Fsp3) is 0.467. The van der Waals surface area contributed by atoms with E-state index in [0.29, 0.717) is 0 Å². The van der Waals surface area contributed by atoms with Crippen molar-refractivity contribution in [3.05, 3.63) is 47.2 Å². The van der Waals surface area contributed by atoms with E-state index < -0.39 is 0 Å². The van der Waals surface area contributed by atoms with Gasteiger partial charge >= 0.3 is 0 Å². The third-order valence-electron chi connectivity index (χ3n) is 3.14. The van der Waals surface area contributed by atoms with Gasteiger partial charge < -0.3 is 9.73 Å². The van der Waals surface area contributed by atoms with E-state index in [2.05, 4.69) is 53.6 Å². The van der Waals surface area contributed by atoms with Gasteiger partial charge in [-0.25, -0.2) is 0 Å². The number of hydrogen-bond donors (Lipinski definition) is 1. The number of aryl methyl sites for hydroxylation is 3. The molecule has 102 valence electrons. The summed E-state index contributed by atoms with van der Waals surface area (Å²) < 4.78 is 5.63.